The molecule has 1 fully saturated rings. The zero-order valence-corrected chi connectivity index (χ0v) is 17.2. The van der Waals surface area contributed by atoms with E-state index in [0.29, 0.717) is 29.3 Å². The number of sulfonamides is 1. The molecule has 1 atom stereocenters. The van der Waals surface area contributed by atoms with Crippen LogP contribution in [0.2, 0.25) is 0 Å². The maximum Gasteiger partial charge on any atom is 0.252 e. The molecule has 0 saturated carbocycles. The summed E-state index contributed by atoms with van der Waals surface area (Å²) in [6.45, 7) is 3.10. The van der Waals surface area contributed by atoms with E-state index >= 15 is 0 Å². The van der Waals surface area contributed by atoms with Crippen LogP contribution in [-0.2, 0) is 16.4 Å². The number of nitrogens with one attached hydrogen (secondary N) is 1. The molecule has 5 nitrogen and oxygen atoms in total. The van der Waals surface area contributed by atoms with Gasteiger partial charge in [0.05, 0.1) is 0 Å². The zero-order valence-electron chi connectivity index (χ0n) is 15.6. The highest BCUT2D eigenvalue weighted by Gasteiger charge is 2.33. The van der Waals surface area contributed by atoms with Crippen LogP contribution in [-0.4, -0.2) is 37.8 Å². The summed E-state index contributed by atoms with van der Waals surface area (Å²) in [5.41, 5.74) is 1.84. The predicted octanol–water partition coefficient (Wildman–Crippen LogP) is 3.67. The first-order chi connectivity index (χ1) is 13.0. The molecule has 1 aromatic carbocycles. The first-order valence-electron chi connectivity index (χ1n) is 9.45. The molecule has 0 spiro atoms. The van der Waals surface area contributed by atoms with Gasteiger partial charge >= 0.3 is 0 Å². The zero-order chi connectivity index (χ0) is 19.3. The van der Waals surface area contributed by atoms with Crippen LogP contribution >= 0.6 is 11.3 Å². The van der Waals surface area contributed by atoms with Crippen molar-refractivity contribution in [3.05, 3.63) is 52.9 Å². The Hall–Kier alpha value is -1.70. The van der Waals surface area contributed by atoms with Gasteiger partial charge in [-0.2, -0.15) is 4.31 Å². The average molecular weight is 407 g/mol. The number of thiophene rings is 1. The second-order valence-corrected chi connectivity index (χ2v) is 9.86. The van der Waals surface area contributed by atoms with Gasteiger partial charge in [0.15, 0.2) is 0 Å². The number of carbonyl (C=O) groups excluding carboxylic acids is 1. The van der Waals surface area contributed by atoms with Crippen molar-refractivity contribution < 1.29 is 13.2 Å². The van der Waals surface area contributed by atoms with Crippen LogP contribution in [0.5, 0.6) is 0 Å². The first-order valence-corrected chi connectivity index (χ1v) is 11.8. The summed E-state index contributed by atoms with van der Waals surface area (Å²) in [6, 6.07) is 11.0. The van der Waals surface area contributed by atoms with Crippen molar-refractivity contribution in [3.8, 4) is 0 Å². The first kappa shape index (κ1) is 20.0. The molecule has 7 heteroatoms. The molecule has 1 aromatic heterocycles. The van der Waals surface area contributed by atoms with Crippen LogP contribution in [0.4, 0.5) is 0 Å². The molecule has 1 aliphatic heterocycles. The number of hydrogen-bond donors (Lipinski definition) is 1. The minimum atomic E-state index is -3.44. The Labute approximate surface area is 165 Å². The third kappa shape index (κ3) is 4.78. The third-order valence-electron chi connectivity index (χ3n) is 5.02. The van der Waals surface area contributed by atoms with Crippen LogP contribution in [0.15, 0.2) is 46.0 Å². The quantitative estimate of drug-likeness (QED) is 0.763. The van der Waals surface area contributed by atoms with E-state index in [1.54, 1.807) is 21.8 Å². The van der Waals surface area contributed by atoms with E-state index in [1.165, 1.54) is 16.9 Å². The van der Waals surface area contributed by atoms with Gasteiger partial charge in [-0.3, -0.25) is 4.79 Å². The van der Waals surface area contributed by atoms with Gasteiger partial charge in [0.1, 0.15) is 4.21 Å². The summed E-state index contributed by atoms with van der Waals surface area (Å²) in [4.78, 5) is 12.3. The van der Waals surface area contributed by atoms with Gasteiger partial charge in [-0.15, -0.1) is 11.3 Å². The molecule has 146 valence electrons. The summed E-state index contributed by atoms with van der Waals surface area (Å²) in [7, 11) is -3.44. The number of benzene rings is 1. The van der Waals surface area contributed by atoms with Gasteiger partial charge in [-0.25, -0.2) is 8.42 Å². The average Bonchev–Trinajstić information content (AvgIpc) is 3.24. The lowest BCUT2D eigenvalue weighted by molar-refractivity contribution is 0.0949. The predicted molar refractivity (Wildman–Crippen MR) is 109 cm³/mol. The molecule has 2 aromatic rings. The standard InChI is InChI=1S/C20H26N2O3S2/c1-2-16-8-10-17(11-9-16)20(23)21-13-12-18-6-3-4-14-22(18)27(24,25)19-7-5-15-26-19/h5,7-11,15,18H,2-4,6,12-14H2,1H3,(H,21,23). The van der Waals surface area contributed by atoms with E-state index in [2.05, 4.69) is 12.2 Å². The van der Waals surface area contributed by atoms with Crippen LogP contribution in [0.25, 0.3) is 0 Å². The molecule has 0 aliphatic carbocycles. The van der Waals surface area contributed by atoms with E-state index in [1.807, 2.05) is 24.3 Å². The summed E-state index contributed by atoms with van der Waals surface area (Å²) in [5, 5.41) is 4.72. The van der Waals surface area contributed by atoms with E-state index in [0.717, 1.165) is 25.7 Å². The van der Waals surface area contributed by atoms with Gasteiger partial charge in [0.2, 0.25) is 0 Å². The van der Waals surface area contributed by atoms with Crippen LogP contribution < -0.4 is 5.32 Å². The Morgan fingerprint density at radius 2 is 2.00 bits per heavy atom. The SMILES string of the molecule is CCc1ccc(C(=O)NCCC2CCCCN2S(=O)(=O)c2cccs2)cc1. The normalized spacial score (nSPS) is 18.3. The minimum Gasteiger partial charge on any atom is -0.352 e. The topological polar surface area (TPSA) is 66.5 Å². The lowest BCUT2D eigenvalue weighted by Crippen LogP contribution is -2.44. The molecule has 1 amide bonds. The van der Waals surface area contributed by atoms with E-state index in [-0.39, 0.29) is 11.9 Å². The summed E-state index contributed by atoms with van der Waals surface area (Å²) in [5.74, 6) is -0.110. The number of rotatable bonds is 7. The number of amides is 1. The van der Waals surface area contributed by atoms with Crippen molar-refractivity contribution in [1.29, 1.82) is 0 Å². The van der Waals surface area contributed by atoms with Gasteiger partial charge in [-0.05, 0) is 54.8 Å². The van der Waals surface area contributed by atoms with Gasteiger partial charge in [0, 0.05) is 24.7 Å². The lowest BCUT2D eigenvalue weighted by Gasteiger charge is -2.34. The van der Waals surface area contributed by atoms with E-state index in [4.69, 9.17) is 0 Å². The largest absolute Gasteiger partial charge is 0.352 e. The second kappa shape index (κ2) is 8.99. The maximum atomic E-state index is 12.9. The molecule has 1 saturated heterocycles. The number of aryl methyl sites for hydroxylation is 1. The fraction of sp³-hybridized carbons (Fsp3) is 0.450. The molecule has 1 unspecified atom stereocenters. The number of piperidine rings is 1. The van der Waals surface area contributed by atoms with Crippen LogP contribution in [0, 0.1) is 0 Å². The monoisotopic (exact) mass is 406 g/mol. The van der Waals surface area contributed by atoms with Gasteiger partial charge in [-0.1, -0.05) is 31.5 Å². The molecular weight excluding hydrogens is 380 g/mol. The molecule has 0 bridgehead atoms. The fourth-order valence-corrected chi connectivity index (χ4v) is 6.29. The van der Waals surface area contributed by atoms with Crippen molar-refractivity contribution in [2.24, 2.45) is 0 Å². The number of hydrogen-bond acceptors (Lipinski definition) is 4. The Morgan fingerprint density at radius 3 is 2.67 bits per heavy atom. The van der Waals surface area contributed by atoms with Crippen molar-refractivity contribution in [2.45, 2.75) is 49.3 Å². The van der Waals surface area contributed by atoms with E-state index in [9.17, 15) is 13.2 Å². The highest BCUT2D eigenvalue weighted by Crippen LogP contribution is 2.29. The van der Waals surface area contributed by atoms with Crippen molar-refractivity contribution in [3.63, 3.8) is 0 Å². The lowest BCUT2D eigenvalue weighted by atomic mass is 10.0. The summed E-state index contributed by atoms with van der Waals surface area (Å²) < 4.78 is 27.8. The Bertz CT molecular complexity index is 846. The molecule has 27 heavy (non-hydrogen) atoms. The molecule has 1 N–H and O–H groups in total. The maximum absolute atomic E-state index is 12.9. The van der Waals surface area contributed by atoms with Crippen molar-refractivity contribution in [2.75, 3.05) is 13.1 Å². The fourth-order valence-electron chi connectivity index (χ4n) is 3.45. The van der Waals surface area contributed by atoms with Crippen molar-refractivity contribution in [1.82, 2.24) is 9.62 Å². The molecule has 2 heterocycles. The smallest absolute Gasteiger partial charge is 0.252 e. The Balaban J connectivity index is 1.59. The highest BCUT2D eigenvalue weighted by molar-refractivity contribution is 7.91. The Morgan fingerprint density at radius 1 is 1.22 bits per heavy atom. The minimum absolute atomic E-state index is 0.0615. The summed E-state index contributed by atoms with van der Waals surface area (Å²) in [6.07, 6.45) is 4.32. The van der Waals surface area contributed by atoms with E-state index < -0.39 is 10.0 Å². The van der Waals surface area contributed by atoms with Crippen molar-refractivity contribution >= 4 is 27.3 Å². The molecule has 0 radical (unpaired) electrons. The highest BCUT2D eigenvalue weighted by atomic mass is 32.2. The third-order valence-corrected chi connectivity index (χ3v) is 8.34. The number of nitrogens with zero attached hydrogens (tertiary/aromatic N) is 1. The molecule has 3 rings (SSSR count). The van der Waals surface area contributed by atoms with Crippen LogP contribution in [0.1, 0.15) is 48.5 Å². The molecular formula is C20H26N2O3S2. The second-order valence-electron chi connectivity index (χ2n) is 6.79. The molecule has 1 aliphatic rings. The Kier molecular flexibility index (Phi) is 6.68. The summed E-state index contributed by atoms with van der Waals surface area (Å²) >= 11 is 1.26. The number of carbonyl (C=O) groups is 1. The van der Waals surface area contributed by atoms with Gasteiger partial charge < -0.3 is 5.32 Å². The van der Waals surface area contributed by atoms with Gasteiger partial charge in [0.25, 0.3) is 15.9 Å². The van der Waals surface area contributed by atoms with Crippen LogP contribution in [0.3, 0.4) is 0 Å².